The van der Waals surface area contributed by atoms with E-state index in [1.807, 2.05) is 39.0 Å². The van der Waals surface area contributed by atoms with Crippen LogP contribution in [0.5, 0.6) is 0 Å². The van der Waals surface area contributed by atoms with Crippen LogP contribution >= 0.6 is 24.0 Å². The number of cyclic esters (lactones) is 1. The molecule has 0 aromatic heterocycles. The van der Waals surface area contributed by atoms with Gasteiger partial charge in [0.05, 0.1) is 6.10 Å². The Labute approximate surface area is 180 Å². The fourth-order valence-electron chi connectivity index (χ4n) is 4.08. The lowest BCUT2D eigenvalue weighted by Gasteiger charge is -2.26. The van der Waals surface area contributed by atoms with Crippen LogP contribution in [0.3, 0.4) is 0 Å². The van der Waals surface area contributed by atoms with Gasteiger partial charge in [-0.1, -0.05) is 30.4 Å². The Kier molecular flexibility index (Phi) is 5.63. The maximum absolute atomic E-state index is 12.1. The molecule has 0 bridgehead atoms. The number of benzene rings is 1. The minimum absolute atomic E-state index is 0.139. The number of hydrogen-bond donors (Lipinski definition) is 0. The zero-order valence-corrected chi connectivity index (χ0v) is 18.3. The Morgan fingerprint density at radius 2 is 1.93 bits per heavy atom. The van der Waals surface area contributed by atoms with E-state index in [-0.39, 0.29) is 29.5 Å². The lowest BCUT2D eigenvalue weighted by Crippen LogP contribution is -2.47. The number of thiocarbonyl (C=S) groups is 1. The van der Waals surface area contributed by atoms with Crippen LogP contribution in [-0.2, 0) is 18.9 Å². The van der Waals surface area contributed by atoms with E-state index in [1.54, 1.807) is 11.8 Å². The highest BCUT2D eigenvalue weighted by atomic mass is 32.2. The minimum Gasteiger partial charge on any atom is -0.462 e. The molecule has 6 nitrogen and oxygen atoms in total. The van der Waals surface area contributed by atoms with E-state index in [0.717, 1.165) is 11.3 Å². The van der Waals surface area contributed by atoms with Gasteiger partial charge in [0.1, 0.15) is 18.2 Å². The van der Waals surface area contributed by atoms with E-state index >= 15 is 0 Å². The number of nitrogens with zero attached hydrogens (tertiary/aromatic N) is 1. The average Bonchev–Trinajstić information content (AvgIpc) is 3.26. The third-order valence-corrected chi connectivity index (χ3v) is 6.71. The maximum Gasteiger partial charge on any atom is 0.418 e. The van der Waals surface area contributed by atoms with E-state index in [0.29, 0.717) is 6.42 Å². The molecule has 0 spiro atoms. The van der Waals surface area contributed by atoms with E-state index in [2.05, 4.69) is 18.7 Å². The monoisotopic (exact) mass is 435 g/mol. The fourth-order valence-corrected chi connectivity index (χ4v) is 5.22. The molecule has 0 saturated carbocycles. The largest absolute Gasteiger partial charge is 0.462 e. The number of amides is 1. The van der Waals surface area contributed by atoms with Gasteiger partial charge in [-0.15, -0.1) is 11.8 Å². The molecule has 156 valence electrons. The third kappa shape index (κ3) is 4.17. The first-order valence-electron chi connectivity index (χ1n) is 9.66. The quantitative estimate of drug-likeness (QED) is 0.378. The standard InChI is InChI=1S/C21H25NO5S2/c1-12(11-29-14-8-6-5-7-9-14)10-15-17(27-21(3,4)26-15)18-16-13(2)24-19(23)22(16)20(28)25-18/h5-9,13,15-18H,1,10-11H2,2-4H3/t13-,15-,16+,17+,18-/m1/s1. The lowest BCUT2D eigenvalue weighted by atomic mass is 9.95. The molecule has 0 N–H and O–H groups in total. The summed E-state index contributed by atoms with van der Waals surface area (Å²) in [4.78, 5) is 14.7. The maximum atomic E-state index is 12.1. The molecule has 3 aliphatic rings. The summed E-state index contributed by atoms with van der Waals surface area (Å²) in [5, 5.41) is 0.139. The van der Waals surface area contributed by atoms with Crippen molar-refractivity contribution in [2.75, 3.05) is 5.75 Å². The number of rotatable bonds is 6. The molecule has 4 rings (SSSR count). The predicted octanol–water partition coefficient (Wildman–Crippen LogP) is 4.14. The Hall–Kier alpha value is -1.61. The summed E-state index contributed by atoms with van der Waals surface area (Å²) in [6, 6.07) is 9.90. The second kappa shape index (κ2) is 7.91. The minimum atomic E-state index is -0.757. The molecule has 1 aromatic rings. The molecule has 3 fully saturated rings. The SMILES string of the molecule is C=C(CSc1ccccc1)C[C@H]1OC(C)(C)O[C@@H]1[C@@H]1OC(=S)N2C(=O)O[C@H](C)[C@@H]12. The Morgan fingerprint density at radius 1 is 1.21 bits per heavy atom. The van der Waals surface area contributed by atoms with Crippen molar-refractivity contribution in [2.24, 2.45) is 0 Å². The van der Waals surface area contributed by atoms with Gasteiger partial charge in [0.25, 0.3) is 5.17 Å². The summed E-state index contributed by atoms with van der Waals surface area (Å²) in [6.07, 6.45) is -1.23. The molecule has 3 aliphatic heterocycles. The topological polar surface area (TPSA) is 57.2 Å². The molecule has 29 heavy (non-hydrogen) atoms. The van der Waals surface area contributed by atoms with E-state index < -0.39 is 18.0 Å². The summed E-state index contributed by atoms with van der Waals surface area (Å²) in [5.41, 5.74) is 1.05. The molecule has 5 atom stereocenters. The number of ether oxygens (including phenoxy) is 4. The molecule has 0 aliphatic carbocycles. The molecular formula is C21H25NO5S2. The van der Waals surface area contributed by atoms with Gasteiger partial charge in [0.2, 0.25) is 0 Å². The first-order valence-corrected chi connectivity index (χ1v) is 11.0. The summed E-state index contributed by atoms with van der Waals surface area (Å²) in [6.45, 7) is 9.85. The number of fused-ring (bicyclic) bond motifs is 1. The van der Waals surface area contributed by atoms with Crippen molar-refractivity contribution in [1.82, 2.24) is 4.90 Å². The normalized spacial score (nSPS) is 32.8. The summed E-state index contributed by atoms with van der Waals surface area (Å²) < 4.78 is 23.6. The van der Waals surface area contributed by atoms with Crippen LogP contribution in [0.1, 0.15) is 27.2 Å². The number of hydrogen-bond acceptors (Lipinski definition) is 7. The van der Waals surface area contributed by atoms with Crippen LogP contribution in [-0.4, -0.2) is 58.2 Å². The second-order valence-electron chi connectivity index (χ2n) is 7.99. The first kappa shape index (κ1) is 20.7. The highest BCUT2D eigenvalue weighted by Crippen LogP contribution is 2.41. The molecule has 1 amide bonds. The Balaban J connectivity index is 1.45. The third-order valence-electron chi connectivity index (χ3n) is 5.25. The van der Waals surface area contributed by atoms with Crippen LogP contribution in [0.25, 0.3) is 0 Å². The van der Waals surface area contributed by atoms with Crippen molar-refractivity contribution in [3.63, 3.8) is 0 Å². The van der Waals surface area contributed by atoms with Crippen LogP contribution < -0.4 is 0 Å². The Morgan fingerprint density at radius 3 is 2.66 bits per heavy atom. The number of carbonyl (C=O) groups is 1. The van der Waals surface area contributed by atoms with Crippen molar-refractivity contribution in [3.05, 3.63) is 42.5 Å². The molecule has 0 radical (unpaired) electrons. The Bertz CT molecular complexity index is 815. The van der Waals surface area contributed by atoms with Gasteiger partial charge in [-0.3, -0.25) is 0 Å². The van der Waals surface area contributed by atoms with Gasteiger partial charge in [0.15, 0.2) is 11.9 Å². The van der Waals surface area contributed by atoms with Crippen molar-refractivity contribution in [3.8, 4) is 0 Å². The molecule has 3 saturated heterocycles. The van der Waals surface area contributed by atoms with Crippen LogP contribution in [0, 0.1) is 0 Å². The van der Waals surface area contributed by atoms with Gasteiger partial charge in [-0.05, 0) is 51.5 Å². The number of thioether (sulfide) groups is 1. The molecule has 1 aromatic carbocycles. The molecule has 0 unspecified atom stereocenters. The van der Waals surface area contributed by atoms with Gasteiger partial charge in [0, 0.05) is 10.6 Å². The zero-order chi connectivity index (χ0) is 20.8. The smallest absolute Gasteiger partial charge is 0.418 e. The van der Waals surface area contributed by atoms with Gasteiger partial charge in [-0.2, -0.15) is 0 Å². The van der Waals surface area contributed by atoms with E-state index in [1.165, 1.54) is 9.80 Å². The average molecular weight is 436 g/mol. The summed E-state index contributed by atoms with van der Waals surface area (Å²) in [5.74, 6) is 0.0296. The van der Waals surface area contributed by atoms with Crippen molar-refractivity contribution in [1.29, 1.82) is 0 Å². The highest BCUT2D eigenvalue weighted by Gasteiger charge is 2.59. The van der Waals surface area contributed by atoms with Crippen molar-refractivity contribution < 1.29 is 23.7 Å². The van der Waals surface area contributed by atoms with Crippen molar-refractivity contribution >= 4 is 35.2 Å². The summed E-state index contributed by atoms with van der Waals surface area (Å²) >= 11 is 7.01. The van der Waals surface area contributed by atoms with E-state index in [9.17, 15) is 4.79 Å². The summed E-state index contributed by atoms with van der Waals surface area (Å²) in [7, 11) is 0. The molecule has 8 heteroatoms. The first-order chi connectivity index (χ1) is 13.7. The molecule has 3 heterocycles. The molecular weight excluding hydrogens is 410 g/mol. The van der Waals surface area contributed by atoms with Gasteiger partial charge < -0.3 is 18.9 Å². The van der Waals surface area contributed by atoms with Crippen molar-refractivity contribution in [2.45, 2.75) is 68.3 Å². The van der Waals surface area contributed by atoms with Crippen LogP contribution in [0.2, 0.25) is 0 Å². The second-order valence-corrected chi connectivity index (χ2v) is 9.39. The van der Waals surface area contributed by atoms with Crippen LogP contribution in [0.4, 0.5) is 4.79 Å². The highest BCUT2D eigenvalue weighted by molar-refractivity contribution is 7.99. The van der Waals surface area contributed by atoms with Gasteiger partial charge >= 0.3 is 6.09 Å². The lowest BCUT2D eigenvalue weighted by molar-refractivity contribution is -0.154. The van der Waals surface area contributed by atoms with E-state index in [4.69, 9.17) is 31.2 Å². The predicted molar refractivity (Wildman–Crippen MR) is 114 cm³/mol. The fraction of sp³-hybridized carbons (Fsp3) is 0.524. The number of carbonyl (C=O) groups excluding carboxylic acids is 1. The van der Waals surface area contributed by atoms with Crippen LogP contribution in [0.15, 0.2) is 47.4 Å². The zero-order valence-electron chi connectivity index (χ0n) is 16.7. The van der Waals surface area contributed by atoms with Gasteiger partial charge in [-0.25, -0.2) is 9.69 Å².